The molecule has 4 nitrogen and oxygen atoms in total. The second-order valence-corrected chi connectivity index (χ2v) is 6.60. The molecule has 2 aliphatic heterocycles. The maximum atomic E-state index is 11.2. The fourth-order valence-corrected chi connectivity index (χ4v) is 4.06. The first-order chi connectivity index (χ1) is 6.66. The van der Waals surface area contributed by atoms with Gasteiger partial charge in [0.1, 0.15) is 0 Å². The zero-order chi connectivity index (χ0) is 10.0. The molecule has 0 aliphatic carbocycles. The maximum absolute atomic E-state index is 11.2. The lowest BCUT2D eigenvalue weighted by molar-refractivity contribution is 0.466. The maximum Gasteiger partial charge on any atom is 0.150 e. The van der Waals surface area contributed by atoms with Gasteiger partial charge in [0.05, 0.1) is 11.5 Å². The van der Waals surface area contributed by atoms with Gasteiger partial charge in [-0.1, -0.05) is 0 Å². The summed E-state index contributed by atoms with van der Waals surface area (Å²) < 4.78 is 22.4. The van der Waals surface area contributed by atoms with Crippen molar-refractivity contribution in [3.63, 3.8) is 0 Å². The quantitative estimate of drug-likeness (QED) is 0.662. The van der Waals surface area contributed by atoms with Crippen LogP contribution in [-0.4, -0.2) is 45.6 Å². The van der Waals surface area contributed by atoms with Gasteiger partial charge in [-0.2, -0.15) is 0 Å². The van der Waals surface area contributed by atoms with Gasteiger partial charge in [0.15, 0.2) is 9.84 Å². The van der Waals surface area contributed by atoms with E-state index in [9.17, 15) is 8.42 Å². The van der Waals surface area contributed by atoms with Crippen LogP contribution >= 0.6 is 0 Å². The first-order valence-corrected chi connectivity index (χ1v) is 7.12. The summed E-state index contributed by atoms with van der Waals surface area (Å²) in [4.78, 5) is 0. The molecule has 0 aromatic heterocycles. The monoisotopic (exact) mass is 218 g/mol. The average Bonchev–Trinajstić information content (AvgIpc) is 2.70. The molecule has 0 saturated carbocycles. The summed E-state index contributed by atoms with van der Waals surface area (Å²) in [5.74, 6) is 1.13. The van der Waals surface area contributed by atoms with E-state index in [1.807, 2.05) is 0 Å². The highest BCUT2D eigenvalue weighted by Crippen LogP contribution is 2.17. The lowest BCUT2D eigenvalue weighted by Crippen LogP contribution is -2.35. The SMILES string of the molecule is O=S1(=O)CCC(CNC2CCNC2)C1. The number of sulfone groups is 1. The number of hydrogen-bond donors (Lipinski definition) is 2. The van der Waals surface area contributed by atoms with Crippen molar-refractivity contribution < 1.29 is 8.42 Å². The lowest BCUT2D eigenvalue weighted by atomic mass is 10.1. The molecule has 14 heavy (non-hydrogen) atoms. The molecule has 82 valence electrons. The second kappa shape index (κ2) is 4.16. The molecular formula is C9H18N2O2S. The van der Waals surface area contributed by atoms with Crippen LogP contribution in [0.4, 0.5) is 0 Å². The number of rotatable bonds is 3. The van der Waals surface area contributed by atoms with Crippen LogP contribution < -0.4 is 10.6 Å². The van der Waals surface area contributed by atoms with Crippen molar-refractivity contribution in [3.05, 3.63) is 0 Å². The lowest BCUT2D eigenvalue weighted by Gasteiger charge is -2.14. The summed E-state index contributed by atoms with van der Waals surface area (Å²) in [6.07, 6.45) is 2.01. The van der Waals surface area contributed by atoms with Gasteiger partial charge in [-0.3, -0.25) is 0 Å². The molecule has 2 aliphatic rings. The molecule has 2 saturated heterocycles. The van der Waals surface area contributed by atoms with Gasteiger partial charge < -0.3 is 10.6 Å². The van der Waals surface area contributed by atoms with E-state index >= 15 is 0 Å². The zero-order valence-corrected chi connectivity index (χ0v) is 9.15. The minimum atomic E-state index is -2.70. The van der Waals surface area contributed by atoms with Crippen LogP contribution in [0, 0.1) is 5.92 Å². The van der Waals surface area contributed by atoms with Gasteiger partial charge in [-0.05, 0) is 31.8 Å². The van der Waals surface area contributed by atoms with Gasteiger partial charge in [-0.25, -0.2) is 8.42 Å². The fraction of sp³-hybridized carbons (Fsp3) is 1.00. The summed E-state index contributed by atoms with van der Waals surface area (Å²) in [6, 6.07) is 0.554. The van der Waals surface area contributed by atoms with Gasteiger partial charge in [0.25, 0.3) is 0 Å². The molecule has 2 N–H and O–H groups in total. The van der Waals surface area contributed by atoms with E-state index in [2.05, 4.69) is 10.6 Å². The third-order valence-electron chi connectivity index (χ3n) is 3.08. The standard InChI is InChI=1S/C9H18N2O2S/c12-14(13)4-2-8(7-14)5-11-9-1-3-10-6-9/h8-11H,1-7H2. The smallest absolute Gasteiger partial charge is 0.150 e. The summed E-state index contributed by atoms with van der Waals surface area (Å²) in [6.45, 7) is 2.98. The highest BCUT2D eigenvalue weighted by molar-refractivity contribution is 7.91. The zero-order valence-electron chi connectivity index (χ0n) is 8.33. The van der Waals surface area contributed by atoms with E-state index in [4.69, 9.17) is 0 Å². The predicted octanol–water partition coefficient (Wildman–Crippen LogP) is -0.627. The van der Waals surface area contributed by atoms with Crippen molar-refractivity contribution in [1.29, 1.82) is 0 Å². The third kappa shape index (κ3) is 2.68. The summed E-state index contributed by atoms with van der Waals surface area (Å²) in [5, 5.41) is 6.72. The Morgan fingerprint density at radius 1 is 1.36 bits per heavy atom. The minimum Gasteiger partial charge on any atom is -0.315 e. The highest BCUT2D eigenvalue weighted by Gasteiger charge is 2.28. The molecule has 5 heteroatoms. The molecule has 2 fully saturated rings. The van der Waals surface area contributed by atoms with E-state index in [0.717, 1.165) is 26.1 Å². The Bertz CT molecular complexity index is 283. The summed E-state index contributed by atoms with van der Waals surface area (Å²) in [5.41, 5.74) is 0. The van der Waals surface area contributed by atoms with Crippen LogP contribution in [0.1, 0.15) is 12.8 Å². The predicted molar refractivity (Wildman–Crippen MR) is 56.0 cm³/mol. The van der Waals surface area contributed by atoms with Crippen LogP contribution in [0.2, 0.25) is 0 Å². The molecule has 0 spiro atoms. The van der Waals surface area contributed by atoms with Crippen LogP contribution in [0.15, 0.2) is 0 Å². The largest absolute Gasteiger partial charge is 0.315 e. The van der Waals surface area contributed by atoms with Crippen LogP contribution in [0.3, 0.4) is 0 Å². The molecular weight excluding hydrogens is 200 g/mol. The second-order valence-electron chi connectivity index (χ2n) is 4.37. The number of nitrogens with one attached hydrogen (secondary N) is 2. The Kier molecular flexibility index (Phi) is 3.09. The first kappa shape index (κ1) is 10.4. The van der Waals surface area contributed by atoms with Crippen molar-refractivity contribution in [2.24, 2.45) is 5.92 Å². The van der Waals surface area contributed by atoms with Gasteiger partial charge in [-0.15, -0.1) is 0 Å². The van der Waals surface area contributed by atoms with E-state index < -0.39 is 9.84 Å². The van der Waals surface area contributed by atoms with E-state index in [0.29, 0.717) is 23.5 Å². The van der Waals surface area contributed by atoms with E-state index in [-0.39, 0.29) is 0 Å². The van der Waals surface area contributed by atoms with Gasteiger partial charge in [0, 0.05) is 12.6 Å². The number of hydrogen-bond acceptors (Lipinski definition) is 4. The molecule has 2 atom stereocenters. The van der Waals surface area contributed by atoms with Crippen molar-refractivity contribution in [1.82, 2.24) is 10.6 Å². The van der Waals surface area contributed by atoms with Crippen molar-refractivity contribution in [2.45, 2.75) is 18.9 Å². The molecule has 0 amide bonds. The Morgan fingerprint density at radius 2 is 2.21 bits per heavy atom. The highest BCUT2D eigenvalue weighted by atomic mass is 32.2. The Morgan fingerprint density at radius 3 is 2.79 bits per heavy atom. The normalized spacial score (nSPS) is 36.3. The van der Waals surface area contributed by atoms with Crippen LogP contribution in [0.25, 0.3) is 0 Å². The molecule has 2 rings (SSSR count). The topological polar surface area (TPSA) is 58.2 Å². The van der Waals surface area contributed by atoms with E-state index in [1.165, 1.54) is 6.42 Å². The minimum absolute atomic E-state index is 0.348. The summed E-state index contributed by atoms with van der Waals surface area (Å²) in [7, 11) is -2.70. The average molecular weight is 218 g/mol. The molecule has 2 heterocycles. The van der Waals surface area contributed by atoms with E-state index in [1.54, 1.807) is 0 Å². The fourth-order valence-electron chi connectivity index (χ4n) is 2.20. The van der Waals surface area contributed by atoms with Crippen LogP contribution in [0.5, 0.6) is 0 Å². The molecule has 0 aromatic carbocycles. The molecule has 0 bridgehead atoms. The Balaban J connectivity index is 1.71. The first-order valence-electron chi connectivity index (χ1n) is 5.30. The van der Waals surface area contributed by atoms with Gasteiger partial charge >= 0.3 is 0 Å². The van der Waals surface area contributed by atoms with Crippen molar-refractivity contribution in [2.75, 3.05) is 31.1 Å². The third-order valence-corrected chi connectivity index (χ3v) is 4.92. The summed E-state index contributed by atoms with van der Waals surface area (Å²) >= 11 is 0. The Labute approximate surface area is 85.4 Å². The van der Waals surface area contributed by atoms with Crippen molar-refractivity contribution >= 4 is 9.84 Å². The molecule has 2 unspecified atom stereocenters. The van der Waals surface area contributed by atoms with Gasteiger partial charge in [0.2, 0.25) is 0 Å². The Hall–Kier alpha value is -0.130. The molecule has 0 radical (unpaired) electrons. The molecule has 0 aromatic rings. The van der Waals surface area contributed by atoms with Crippen molar-refractivity contribution in [3.8, 4) is 0 Å². The van der Waals surface area contributed by atoms with Crippen LogP contribution in [-0.2, 0) is 9.84 Å².